The summed E-state index contributed by atoms with van der Waals surface area (Å²) in [5.41, 5.74) is 3.32. The van der Waals surface area contributed by atoms with Crippen LogP contribution in [-0.2, 0) is 13.0 Å². The van der Waals surface area contributed by atoms with Crippen molar-refractivity contribution in [2.45, 2.75) is 13.0 Å². The van der Waals surface area contributed by atoms with Gasteiger partial charge < -0.3 is 24.4 Å². The van der Waals surface area contributed by atoms with Gasteiger partial charge in [0.05, 0.1) is 27.0 Å². The van der Waals surface area contributed by atoms with Gasteiger partial charge in [0.2, 0.25) is 5.95 Å². The van der Waals surface area contributed by atoms with Crippen LogP contribution in [0.15, 0.2) is 48.7 Å². The lowest BCUT2D eigenvalue weighted by Crippen LogP contribution is -2.31. The molecule has 1 aromatic heterocycles. The molecule has 3 aromatic rings. The summed E-state index contributed by atoms with van der Waals surface area (Å²) >= 11 is 0. The summed E-state index contributed by atoms with van der Waals surface area (Å²) in [7, 11) is 4.97. The number of anilines is 3. The SMILES string of the molecule is COc1ccccc1Nc1nccc(N2CCc3cc(OC)c(OC)cc3C2)n1. The molecule has 0 amide bonds. The molecule has 4 rings (SSSR count). The van der Waals surface area contributed by atoms with E-state index in [9.17, 15) is 0 Å². The molecule has 1 aliphatic heterocycles. The van der Waals surface area contributed by atoms with E-state index in [1.807, 2.05) is 30.3 Å². The largest absolute Gasteiger partial charge is 0.495 e. The molecule has 150 valence electrons. The highest BCUT2D eigenvalue weighted by molar-refractivity contribution is 5.63. The first-order valence-corrected chi connectivity index (χ1v) is 9.43. The van der Waals surface area contributed by atoms with Crippen LogP contribution < -0.4 is 24.4 Å². The van der Waals surface area contributed by atoms with Crippen LogP contribution in [0.4, 0.5) is 17.5 Å². The highest BCUT2D eigenvalue weighted by Crippen LogP contribution is 2.34. The van der Waals surface area contributed by atoms with Gasteiger partial charge in [-0.3, -0.25) is 0 Å². The molecule has 0 aliphatic carbocycles. The molecule has 29 heavy (non-hydrogen) atoms. The van der Waals surface area contributed by atoms with Gasteiger partial charge in [-0.25, -0.2) is 4.98 Å². The van der Waals surface area contributed by atoms with E-state index >= 15 is 0 Å². The number of nitrogens with one attached hydrogen (secondary N) is 1. The van der Waals surface area contributed by atoms with Gasteiger partial charge in [0.15, 0.2) is 11.5 Å². The monoisotopic (exact) mass is 392 g/mol. The number of hydrogen-bond donors (Lipinski definition) is 1. The van der Waals surface area contributed by atoms with E-state index < -0.39 is 0 Å². The zero-order valence-electron chi connectivity index (χ0n) is 16.8. The van der Waals surface area contributed by atoms with E-state index in [0.29, 0.717) is 5.95 Å². The second-order valence-corrected chi connectivity index (χ2v) is 6.71. The molecule has 2 aromatic carbocycles. The van der Waals surface area contributed by atoms with E-state index in [0.717, 1.165) is 48.3 Å². The Balaban J connectivity index is 1.56. The summed E-state index contributed by atoms with van der Waals surface area (Å²) < 4.78 is 16.3. The second kappa shape index (κ2) is 8.26. The predicted molar refractivity (Wildman–Crippen MR) is 113 cm³/mol. The molecule has 0 spiro atoms. The lowest BCUT2D eigenvalue weighted by atomic mass is 9.99. The lowest BCUT2D eigenvalue weighted by molar-refractivity contribution is 0.353. The Bertz CT molecular complexity index is 1010. The maximum Gasteiger partial charge on any atom is 0.229 e. The molecule has 0 bridgehead atoms. The predicted octanol–water partition coefficient (Wildman–Crippen LogP) is 3.81. The number of benzene rings is 2. The van der Waals surface area contributed by atoms with Gasteiger partial charge in [-0.1, -0.05) is 12.1 Å². The quantitative estimate of drug-likeness (QED) is 0.684. The normalized spacial score (nSPS) is 12.9. The van der Waals surface area contributed by atoms with E-state index in [1.54, 1.807) is 27.5 Å². The second-order valence-electron chi connectivity index (χ2n) is 6.71. The molecule has 2 heterocycles. The standard InChI is InChI=1S/C22H24N4O3/c1-27-18-7-5-4-6-17(18)24-22-23-10-8-21(25-22)26-11-9-15-12-19(28-2)20(29-3)13-16(15)14-26/h4-8,10,12-13H,9,11,14H2,1-3H3,(H,23,24,25). The number of nitrogens with zero attached hydrogens (tertiary/aromatic N) is 3. The minimum absolute atomic E-state index is 0.533. The van der Waals surface area contributed by atoms with Gasteiger partial charge in [-0.2, -0.15) is 4.98 Å². The zero-order valence-corrected chi connectivity index (χ0v) is 16.8. The van der Waals surface area contributed by atoms with Gasteiger partial charge in [-0.05, 0) is 47.9 Å². The summed E-state index contributed by atoms with van der Waals surface area (Å²) in [6.07, 6.45) is 2.68. The van der Waals surface area contributed by atoms with Gasteiger partial charge in [0.1, 0.15) is 11.6 Å². The fraction of sp³-hybridized carbons (Fsp3) is 0.273. The molecule has 7 heteroatoms. The van der Waals surface area contributed by atoms with Crippen molar-refractivity contribution < 1.29 is 14.2 Å². The van der Waals surface area contributed by atoms with Crippen LogP contribution in [0.5, 0.6) is 17.2 Å². The molecule has 7 nitrogen and oxygen atoms in total. The minimum Gasteiger partial charge on any atom is -0.495 e. The number of rotatable bonds is 6. The highest BCUT2D eigenvalue weighted by atomic mass is 16.5. The van der Waals surface area contributed by atoms with Crippen LogP contribution in [0.1, 0.15) is 11.1 Å². The lowest BCUT2D eigenvalue weighted by Gasteiger charge is -2.30. The average molecular weight is 392 g/mol. The zero-order chi connectivity index (χ0) is 20.2. The van der Waals surface area contributed by atoms with Crippen molar-refractivity contribution in [2.75, 3.05) is 38.1 Å². The van der Waals surface area contributed by atoms with Crippen molar-refractivity contribution in [2.24, 2.45) is 0 Å². The first-order valence-electron chi connectivity index (χ1n) is 9.43. The molecule has 0 saturated carbocycles. The van der Waals surface area contributed by atoms with Crippen LogP contribution in [0.3, 0.4) is 0 Å². The van der Waals surface area contributed by atoms with E-state index in [4.69, 9.17) is 19.2 Å². The van der Waals surface area contributed by atoms with Crippen molar-refractivity contribution in [1.29, 1.82) is 0 Å². The topological polar surface area (TPSA) is 68.7 Å². The van der Waals surface area contributed by atoms with E-state index in [-0.39, 0.29) is 0 Å². The first kappa shape index (κ1) is 18.9. The molecule has 1 aliphatic rings. The van der Waals surface area contributed by atoms with Crippen molar-refractivity contribution in [3.8, 4) is 17.2 Å². The Morgan fingerprint density at radius 3 is 2.38 bits per heavy atom. The Morgan fingerprint density at radius 1 is 0.897 bits per heavy atom. The van der Waals surface area contributed by atoms with Gasteiger partial charge in [0.25, 0.3) is 0 Å². The molecule has 0 atom stereocenters. The number of aromatic nitrogens is 2. The van der Waals surface area contributed by atoms with Crippen LogP contribution in [-0.4, -0.2) is 37.8 Å². The van der Waals surface area contributed by atoms with Crippen LogP contribution >= 0.6 is 0 Å². The van der Waals surface area contributed by atoms with E-state index in [1.165, 1.54) is 11.1 Å². The maximum absolute atomic E-state index is 5.46. The molecule has 0 saturated heterocycles. The fourth-order valence-corrected chi connectivity index (χ4v) is 3.53. The minimum atomic E-state index is 0.533. The summed E-state index contributed by atoms with van der Waals surface area (Å²) in [5.74, 6) is 3.66. The van der Waals surface area contributed by atoms with Crippen molar-refractivity contribution in [1.82, 2.24) is 9.97 Å². The van der Waals surface area contributed by atoms with Crippen molar-refractivity contribution in [3.63, 3.8) is 0 Å². The Morgan fingerprint density at radius 2 is 1.62 bits per heavy atom. The van der Waals surface area contributed by atoms with Crippen LogP contribution in [0, 0.1) is 0 Å². The summed E-state index contributed by atoms with van der Waals surface area (Å²) in [4.78, 5) is 11.3. The smallest absolute Gasteiger partial charge is 0.229 e. The third kappa shape index (κ3) is 3.89. The van der Waals surface area contributed by atoms with Crippen LogP contribution in [0.2, 0.25) is 0 Å². The number of fused-ring (bicyclic) bond motifs is 1. The molecule has 0 radical (unpaired) electrons. The van der Waals surface area contributed by atoms with Crippen molar-refractivity contribution in [3.05, 3.63) is 59.8 Å². The summed E-state index contributed by atoms with van der Waals surface area (Å²) in [6, 6.07) is 13.8. The number of hydrogen-bond acceptors (Lipinski definition) is 7. The Labute approximate surface area is 170 Å². The molecule has 0 unspecified atom stereocenters. The third-order valence-corrected chi connectivity index (χ3v) is 5.04. The highest BCUT2D eigenvalue weighted by Gasteiger charge is 2.21. The number of ether oxygens (including phenoxy) is 3. The van der Waals surface area contributed by atoms with E-state index in [2.05, 4.69) is 27.3 Å². The number of para-hydroxylation sites is 2. The molecular weight excluding hydrogens is 368 g/mol. The summed E-state index contributed by atoms with van der Waals surface area (Å²) in [6.45, 7) is 1.62. The average Bonchev–Trinajstić information content (AvgIpc) is 2.78. The van der Waals surface area contributed by atoms with Gasteiger partial charge in [0, 0.05) is 19.3 Å². The molecule has 1 N–H and O–H groups in total. The molecule has 0 fully saturated rings. The number of methoxy groups -OCH3 is 3. The van der Waals surface area contributed by atoms with Crippen molar-refractivity contribution >= 4 is 17.5 Å². The summed E-state index contributed by atoms with van der Waals surface area (Å²) in [5, 5.41) is 3.24. The Kier molecular flexibility index (Phi) is 5.37. The fourth-order valence-electron chi connectivity index (χ4n) is 3.53. The third-order valence-electron chi connectivity index (χ3n) is 5.04. The maximum atomic E-state index is 5.46. The molecular formula is C22H24N4O3. The first-order chi connectivity index (χ1) is 14.2. The Hall–Kier alpha value is -3.48. The van der Waals surface area contributed by atoms with Gasteiger partial charge >= 0.3 is 0 Å². The van der Waals surface area contributed by atoms with Crippen LogP contribution in [0.25, 0.3) is 0 Å². The van der Waals surface area contributed by atoms with Gasteiger partial charge in [-0.15, -0.1) is 0 Å².